The molecular formula is C28H34N2O4S. The predicted molar refractivity (Wildman–Crippen MR) is 141 cm³/mol. The lowest BCUT2D eigenvalue weighted by molar-refractivity contribution is -0.122. The maximum atomic E-state index is 13.1. The van der Waals surface area contributed by atoms with Gasteiger partial charge in [0.1, 0.15) is 17.5 Å². The van der Waals surface area contributed by atoms with Crippen molar-refractivity contribution in [2.24, 2.45) is 0 Å². The summed E-state index contributed by atoms with van der Waals surface area (Å²) in [6.45, 7) is 9.91. The third kappa shape index (κ3) is 6.85. The fraction of sp³-hybridized carbons (Fsp3) is 0.321. The van der Waals surface area contributed by atoms with Crippen LogP contribution < -0.4 is 14.4 Å². The Morgan fingerprint density at radius 2 is 1.40 bits per heavy atom. The van der Waals surface area contributed by atoms with Crippen LogP contribution in [-0.2, 0) is 20.2 Å². The van der Waals surface area contributed by atoms with Gasteiger partial charge in [-0.1, -0.05) is 63.2 Å². The van der Waals surface area contributed by atoms with Gasteiger partial charge in [-0.15, -0.1) is 0 Å². The van der Waals surface area contributed by atoms with E-state index in [1.54, 1.807) is 31.2 Å². The molecule has 3 rings (SSSR count). The SMILES string of the molecule is C[C@@H](NC(=O)[C@H](C)N(c1ccc(Oc2ccccc2)cc1)S(C)(=O)=O)c1ccc(C(C)(C)C)cc1. The Labute approximate surface area is 209 Å². The predicted octanol–water partition coefficient (Wildman–Crippen LogP) is 5.81. The van der Waals surface area contributed by atoms with Gasteiger partial charge in [0.05, 0.1) is 18.0 Å². The van der Waals surface area contributed by atoms with E-state index in [1.807, 2.05) is 49.4 Å². The van der Waals surface area contributed by atoms with Crippen molar-refractivity contribution < 1.29 is 17.9 Å². The van der Waals surface area contributed by atoms with Crippen LogP contribution in [0.5, 0.6) is 11.5 Å². The Morgan fingerprint density at radius 3 is 1.91 bits per heavy atom. The Hall–Kier alpha value is -3.32. The number of sulfonamides is 1. The minimum absolute atomic E-state index is 0.0389. The summed E-state index contributed by atoms with van der Waals surface area (Å²) in [6, 6.07) is 22.8. The maximum absolute atomic E-state index is 13.1. The van der Waals surface area contributed by atoms with Gasteiger partial charge in [-0.05, 0) is 66.8 Å². The van der Waals surface area contributed by atoms with E-state index in [0.29, 0.717) is 17.2 Å². The first-order valence-electron chi connectivity index (χ1n) is 11.6. The molecule has 2 atom stereocenters. The minimum Gasteiger partial charge on any atom is -0.457 e. The van der Waals surface area contributed by atoms with Crippen LogP contribution in [0.2, 0.25) is 0 Å². The van der Waals surface area contributed by atoms with Gasteiger partial charge in [0.15, 0.2) is 0 Å². The number of amides is 1. The first-order valence-corrected chi connectivity index (χ1v) is 13.4. The van der Waals surface area contributed by atoms with Crippen molar-refractivity contribution >= 4 is 21.6 Å². The van der Waals surface area contributed by atoms with Gasteiger partial charge >= 0.3 is 0 Å². The van der Waals surface area contributed by atoms with E-state index in [1.165, 1.54) is 5.56 Å². The number of ether oxygens (including phenoxy) is 1. The van der Waals surface area contributed by atoms with Crippen molar-refractivity contribution in [3.05, 3.63) is 90.0 Å². The van der Waals surface area contributed by atoms with Crippen LogP contribution in [0.4, 0.5) is 5.69 Å². The van der Waals surface area contributed by atoms with Crippen molar-refractivity contribution in [2.45, 2.75) is 52.1 Å². The normalized spacial score (nSPS) is 13.5. The molecule has 0 radical (unpaired) electrons. The lowest BCUT2D eigenvalue weighted by Crippen LogP contribution is -2.48. The van der Waals surface area contributed by atoms with Crippen LogP contribution in [0.25, 0.3) is 0 Å². The van der Waals surface area contributed by atoms with Crippen molar-refractivity contribution in [3.8, 4) is 11.5 Å². The lowest BCUT2D eigenvalue weighted by atomic mass is 9.86. The number of hydrogen-bond donors (Lipinski definition) is 1. The third-order valence-electron chi connectivity index (χ3n) is 5.79. The first kappa shape index (κ1) is 26.3. The molecule has 35 heavy (non-hydrogen) atoms. The van der Waals surface area contributed by atoms with Crippen LogP contribution in [0.15, 0.2) is 78.9 Å². The molecule has 6 nitrogen and oxygen atoms in total. The fourth-order valence-corrected chi connectivity index (χ4v) is 4.96. The van der Waals surface area contributed by atoms with Crippen LogP contribution in [0, 0.1) is 0 Å². The van der Waals surface area contributed by atoms with Crippen LogP contribution in [-0.4, -0.2) is 26.6 Å². The number of carbonyl (C=O) groups excluding carboxylic acids is 1. The van der Waals surface area contributed by atoms with Crippen molar-refractivity contribution in [2.75, 3.05) is 10.6 Å². The summed E-state index contributed by atoms with van der Waals surface area (Å²) in [4.78, 5) is 13.1. The van der Waals surface area contributed by atoms with Gasteiger partial charge in [0, 0.05) is 0 Å². The maximum Gasteiger partial charge on any atom is 0.244 e. The summed E-state index contributed by atoms with van der Waals surface area (Å²) in [5, 5.41) is 2.95. The molecule has 3 aromatic rings. The average Bonchev–Trinajstić information content (AvgIpc) is 2.79. The van der Waals surface area contributed by atoms with E-state index in [4.69, 9.17) is 4.74 Å². The van der Waals surface area contributed by atoms with Crippen LogP contribution >= 0.6 is 0 Å². The molecule has 0 fully saturated rings. The van der Waals surface area contributed by atoms with E-state index in [9.17, 15) is 13.2 Å². The molecule has 1 amide bonds. The molecule has 3 aromatic carbocycles. The number of rotatable bonds is 8. The number of benzene rings is 3. The number of carbonyl (C=O) groups is 1. The highest BCUT2D eigenvalue weighted by Gasteiger charge is 2.30. The number of hydrogen-bond acceptors (Lipinski definition) is 4. The van der Waals surface area contributed by atoms with Crippen molar-refractivity contribution in [1.82, 2.24) is 5.32 Å². The second-order valence-corrected chi connectivity index (χ2v) is 11.6. The molecular weight excluding hydrogens is 460 g/mol. The first-order chi connectivity index (χ1) is 16.4. The summed E-state index contributed by atoms with van der Waals surface area (Å²) in [7, 11) is -3.72. The number of nitrogens with zero attached hydrogens (tertiary/aromatic N) is 1. The Kier molecular flexibility index (Phi) is 7.90. The molecule has 0 aliphatic carbocycles. The molecule has 0 aliphatic rings. The third-order valence-corrected chi connectivity index (χ3v) is 7.04. The van der Waals surface area contributed by atoms with Gasteiger partial charge < -0.3 is 10.1 Å². The van der Waals surface area contributed by atoms with Gasteiger partial charge in [-0.25, -0.2) is 8.42 Å². The summed E-state index contributed by atoms with van der Waals surface area (Å²) >= 11 is 0. The highest BCUT2D eigenvalue weighted by molar-refractivity contribution is 7.92. The number of anilines is 1. The highest BCUT2D eigenvalue weighted by Crippen LogP contribution is 2.28. The number of nitrogens with one attached hydrogen (secondary N) is 1. The zero-order chi connectivity index (χ0) is 25.8. The molecule has 186 valence electrons. The number of para-hydroxylation sites is 1. The zero-order valence-electron chi connectivity index (χ0n) is 21.1. The van der Waals surface area contributed by atoms with Crippen LogP contribution in [0.1, 0.15) is 51.8 Å². The topological polar surface area (TPSA) is 75.7 Å². The fourth-order valence-electron chi connectivity index (χ4n) is 3.78. The van der Waals surface area contributed by atoms with Crippen molar-refractivity contribution in [3.63, 3.8) is 0 Å². The summed E-state index contributed by atoms with van der Waals surface area (Å²) in [5.74, 6) is 0.864. The Bertz CT molecular complexity index is 1230. The average molecular weight is 495 g/mol. The summed E-state index contributed by atoms with van der Waals surface area (Å²) in [6.07, 6.45) is 1.10. The van der Waals surface area contributed by atoms with E-state index in [2.05, 4.69) is 38.2 Å². The Morgan fingerprint density at radius 1 is 0.857 bits per heavy atom. The summed E-state index contributed by atoms with van der Waals surface area (Å²) in [5.41, 5.74) is 2.58. The molecule has 0 unspecified atom stereocenters. The summed E-state index contributed by atoms with van der Waals surface area (Å²) < 4.78 is 32.2. The van der Waals surface area contributed by atoms with E-state index < -0.39 is 16.1 Å². The Balaban J connectivity index is 1.74. The second-order valence-electron chi connectivity index (χ2n) is 9.75. The van der Waals surface area contributed by atoms with Gasteiger partial charge in [-0.3, -0.25) is 9.10 Å². The monoisotopic (exact) mass is 494 g/mol. The molecule has 0 spiro atoms. The standard InChI is InChI=1S/C28H34N2O4S/c1-20(22-12-14-23(15-13-22)28(3,4)5)29-27(31)21(2)30(35(6,32)33)24-16-18-26(19-17-24)34-25-10-8-7-9-11-25/h7-21H,1-6H3,(H,29,31)/t20-,21+/m1/s1. The van der Waals surface area contributed by atoms with E-state index >= 15 is 0 Å². The highest BCUT2D eigenvalue weighted by atomic mass is 32.2. The lowest BCUT2D eigenvalue weighted by Gasteiger charge is -2.29. The largest absolute Gasteiger partial charge is 0.457 e. The van der Waals surface area contributed by atoms with Crippen molar-refractivity contribution in [1.29, 1.82) is 0 Å². The molecule has 0 saturated heterocycles. The molecule has 0 heterocycles. The van der Waals surface area contributed by atoms with Gasteiger partial charge in [-0.2, -0.15) is 0 Å². The second kappa shape index (κ2) is 10.5. The van der Waals surface area contributed by atoms with E-state index in [0.717, 1.165) is 16.1 Å². The van der Waals surface area contributed by atoms with Crippen LogP contribution in [0.3, 0.4) is 0 Å². The van der Waals surface area contributed by atoms with Gasteiger partial charge in [0.2, 0.25) is 15.9 Å². The molecule has 1 N–H and O–H groups in total. The molecule has 0 saturated carbocycles. The molecule has 0 aromatic heterocycles. The zero-order valence-corrected chi connectivity index (χ0v) is 22.0. The molecule has 0 bridgehead atoms. The quantitative estimate of drug-likeness (QED) is 0.429. The smallest absolute Gasteiger partial charge is 0.244 e. The molecule has 0 aliphatic heterocycles. The van der Waals surface area contributed by atoms with Gasteiger partial charge in [0.25, 0.3) is 0 Å². The molecule has 7 heteroatoms. The van der Waals surface area contributed by atoms with E-state index in [-0.39, 0.29) is 17.4 Å². The minimum atomic E-state index is -3.72.